The van der Waals surface area contributed by atoms with Crippen molar-refractivity contribution in [2.75, 3.05) is 13.1 Å². The molecule has 10 nitrogen and oxygen atoms in total. The topological polar surface area (TPSA) is 118 Å². The molecule has 7 aromatic rings. The number of nitrogens with zero attached hydrogens (tertiary/aromatic N) is 5. The summed E-state index contributed by atoms with van der Waals surface area (Å²) in [5, 5.41) is 4.28. The lowest BCUT2D eigenvalue weighted by Gasteiger charge is -2.32. The molecule has 1 saturated carbocycles. The molecule has 2 atom stereocenters. The normalized spacial score (nSPS) is 13.9. The fourth-order valence-corrected chi connectivity index (χ4v) is 8.23. The number of H-pyrrole nitrogens is 2. The van der Waals surface area contributed by atoms with Crippen LogP contribution in [0.2, 0.25) is 0 Å². The maximum absolute atomic E-state index is 14.3. The highest BCUT2D eigenvalue weighted by atomic mass is 16.2. The Hall–Kier alpha value is -6.03. The summed E-state index contributed by atoms with van der Waals surface area (Å²) in [6.07, 6.45) is 5.91. The van der Waals surface area contributed by atoms with Crippen LogP contribution in [0.25, 0.3) is 54.7 Å². The van der Waals surface area contributed by atoms with Gasteiger partial charge in [-0.1, -0.05) is 101 Å². The molecule has 5 aromatic carbocycles. The van der Waals surface area contributed by atoms with Crippen LogP contribution in [0.3, 0.4) is 0 Å². The van der Waals surface area contributed by atoms with Crippen LogP contribution in [0.15, 0.2) is 91.0 Å². The van der Waals surface area contributed by atoms with E-state index in [0.29, 0.717) is 44.3 Å². The number of fused-ring (bicyclic) bond motifs is 6. The second-order valence-corrected chi connectivity index (χ2v) is 16.1. The quantitative estimate of drug-likeness (QED) is 0.0894. The van der Waals surface area contributed by atoms with Gasteiger partial charge in [-0.15, -0.1) is 0 Å². The molecule has 8 rings (SSSR count). The molecule has 10 heteroatoms. The molecule has 298 valence electrons. The number of amides is 3. The molecule has 2 N–H and O–H groups in total. The standard InChI is InChI=1S/C48H53N7O3/c1-5-23-53(44(57)25-31(4)7-3)28-42-49-40-21-15-35-26-33(13-19-38(35)45(40)51-42)34-14-20-39-36(27-34)16-22-41-46(39)52-43(50-41)29-54(24-6-2)48(58)47(32-11-9-8-10-12-32)55(30-56)37-17-18-37/h8-16,19-22,26-27,30-31,37,47H,5-7,17-18,23-25,28-29H2,1-4H3,(H,49,51)(H,50,52)/t31-,47+/m0/s1. The zero-order chi connectivity index (χ0) is 40.3. The lowest BCUT2D eigenvalue weighted by Crippen LogP contribution is -2.43. The van der Waals surface area contributed by atoms with E-state index in [0.717, 1.165) is 105 Å². The first kappa shape index (κ1) is 38.8. The Morgan fingerprint density at radius 1 is 0.741 bits per heavy atom. The molecule has 2 heterocycles. The Morgan fingerprint density at radius 2 is 1.29 bits per heavy atom. The number of aromatic amines is 2. The number of hydrogen-bond donors (Lipinski definition) is 2. The van der Waals surface area contributed by atoms with Crippen molar-refractivity contribution in [2.45, 2.75) is 91.4 Å². The molecule has 0 unspecified atom stereocenters. The second-order valence-electron chi connectivity index (χ2n) is 16.1. The van der Waals surface area contributed by atoms with Gasteiger partial charge in [0, 0.05) is 36.3 Å². The van der Waals surface area contributed by atoms with Crippen molar-refractivity contribution in [2.24, 2.45) is 5.92 Å². The van der Waals surface area contributed by atoms with Gasteiger partial charge in [-0.3, -0.25) is 14.4 Å². The van der Waals surface area contributed by atoms with E-state index in [4.69, 9.17) is 9.97 Å². The van der Waals surface area contributed by atoms with Gasteiger partial charge in [0.05, 0.1) is 35.2 Å². The fraction of sp³-hybridized carbons (Fsp3) is 0.354. The van der Waals surface area contributed by atoms with E-state index in [1.807, 2.05) is 40.1 Å². The van der Waals surface area contributed by atoms with Crippen LogP contribution in [-0.2, 0) is 27.5 Å². The van der Waals surface area contributed by atoms with Gasteiger partial charge in [0.15, 0.2) is 0 Å². The highest BCUT2D eigenvalue weighted by Crippen LogP contribution is 2.36. The van der Waals surface area contributed by atoms with Gasteiger partial charge >= 0.3 is 0 Å². The Balaban J connectivity index is 1.04. The van der Waals surface area contributed by atoms with Crippen LogP contribution in [-0.4, -0.2) is 72.0 Å². The van der Waals surface area contributed by atoms with Crippen LogP contribution in [0.4, 0.5) is 0 Å². The average Bonchev–Trinajstić information content (AvgIpc) is 3.86. The van der Waals surface area contributed by atoms with Crippen molar-refractivity contribution in [1.29, 1.82) is 0 Å². The Labute approximate surface area is 339 Å². The van der Waals surface area contributed by atoms with Crippen LogP contribution < -0.4 is 0 Å². The molecule has 1 aliphatic rings. The third kappa shape index (κ3) is 7.92. The number of imidazole rings is 2. The lowest BCUT2D eigenvalue weighted by atomic mass is 9.98. The molecule has 0 spiro atoms. The van der Waals surface area contributed by atoms with E-state index in [9.17, 15) is 14.4 Å². The van der Waals surface area contributed by atoms with Crippen molar-refractivity contribution in [3.05, 3.63) is 108 Å². The largest absolute Gasteiger partial charge is 0.340 e. The van der Waals surface area contributed by atoms with E-state index < -0.39 is 6.04 Å². The lowest BCUT2D eigenvalue weighted by molar-refractivity contribution is -0.142. The minimum Gasteiger partial charge on any atom is -0.340 e. The van der Waals surface area contributed by atoms with Gasteiger partial charge in [-0.2, -0.15) is 0 Å². The van der Waals surface area contributed by atoms with E-state index in [2.05, 4.69) is 98.3 Å². The molecule has 1 fully saturated rings. The van der Waals surface area contributed by atoms with Gasteiger partial charge in [-0.05, 0) is 83.3 Å². The molecule has 1 aliphatic carbocycles. The summed E-state index contributed by atoms with van der Waals surface area (Å²) in [7, 11) is 0. The highest BCUT2D eigenvalue weighted by molar-refractivity contribution is 6.07. The Bertz CT molecular complexity index is 2590. The number of nitrogens with one attached hydrogen (secondary N) is 2. The van der Waals surface area contributed by atoms with Crippen molar-refractivity contribution in [3.8, 4) is 11.1 Å². The number of benzene rings is 5. The summed E-state index contributed by atoms with van der Waals surface area (Å²) in [4.78, 5) is 62.2. The van der Waals surface area contributed by atoms with Crippen molar-refractivity contribution in [3.63, 3.8) is 0 Å². The predicted molar refractivity (Wildman–Crippen MR) is 232 cm³/mol. The van der Waals surface area contributed by atoms with Gasteiger partial charge < -0.3 is 24.7 Å². The Kier molecular flexibility index (Phi) is 11.3. The zero-order valence-corrected chi connectivity index (χ0v) is 34.0. The Morgan fingerprint density at radius 3 is 1.81 bits per heavy atom. The summed E-state index contributed by atoms with van der Waals surface area (Å²) >= 11 is 0. The monoisotopic (exact) mass is 775 g/mol. The molecular formula is C48H53N7O3. The summed E-state index contributed by atoms with van der Waals surface area (Å²) < 4.78 is 0. The molecule has 0 aliphatic heterocycles. The van der Waals surface area contributed by atoms with Crippen molar-refractivity contribution in [1.82, 2.24) is 34.6 Å². The predicted octanol–water partition coefficient (Wildman–Crippen LogP) is 9.69. The van der Waals surface area contributed by atoms with Crippen molar-refractivity contribution >= 4 is 61.8 Å². The second kappa shape index (κ2) is 16.8. The molecule has 2 aromatic heterocycles. The number of hydrogen-bond acceptors (Lipinski definition) is 5. The van der Waals surface area contributed by atoms with Crippen LogP contribution >= 0.6 is 0 Å². The number of aromatic nitrogens is 4. The number of carbonyl (C=O) groups is 3. The van der Waals surface area contributed by atoms with Crippen LogP contribution in [0.5, 0.6) is 0 Å². The third-order valence-electron chi connectivity index (χ3n) is 11.7. The molecule has 3 amide bonds. The summed E-state index contributed by atoms with van der Waals surface area (Å²) in [6.45, 7) is 10.5. The fourth-order valence-electron chi connectivity index (χ4n) is 8.23. The van der Waals surface area contributed by atoms with Crippen LogP contribution in [0, 0.1) is 5.92 Å². The van der Waals surface area contributed by atoms with E-state index in [-0.39, 0.29) is 17.9 Å². The summed E-state index contributed by atoms with van der Waals surface area (Å²) in [5.74, 6) is 1.97. The zero-order valence-electron chi connectivity index (χ0n) is 34.0. The summed E-state index contributed by atoms with van der Waals surface area (Å²) in [5.41, 5.74) is 6.69. The summed E-state index contributed by atoms with van der Waals surface area (Å²) in [6, 6.07) is 30.4. The smallest absolute Gasteiger partial charge is 0.250 e. The maximum Gasteiger partial charge on any atom is 0.250 e. The van der Waals surface area contributed by atoms with Gasteiger partial charge in [0.1, 0.15) is 17.7 Å². The molecule has 0 radical (unpaired) electrons. The number of rotatable bonds is 17. The minimum absolute atomic E-state index is 0.0894. The van der Waals surface area contributed by atoms with Gasteiger partial charge in [0.2, 0.25) is 18.2 Å². The maximum atomic E-state index is 14.3. The third-order valence-corrected chi connectivity index (χ3v) is 11.7. The molecule has 0 saturated heterocycles. The molecule has 58 heavy (non-hydrogen) atoms. The highest BCUT2D eigenvalue weighted by Gasteiger charge is 2.39. The van der Waals surface area contributed by atoms with Gasteiger partial charge in [0.25, 0.3) is 0 Å². The van der Waals surface area contributed by atoms with Crippen molar-refractivity contribution < 1.29 is 14.4 Å². The van der Waals surface area contributed by atoms with E-state index in [1.165, 1.54) is 0 Å². The average molecular weight is 776 g/mol. The molecule has 0 bridgehead atoms. The SMILES string of the molecule is CCCN(Cc1nc2c(ccc3cc(-c4ccc5c(ccc6[nH]c(CN(CCC)C(=O)[C@@H](c7ccccc7)N(C=O)C7CC7)nc65)c4)ccc32)[nH]1)C(=O)C[C@@H](C)CC. The van der Waals surface area contributed by atoms with E-state index >= 15 is 0 Å². The first-order valence-electron chi connectivity index (χ1n) is 21.0. The van der Waals surface area contributed by atoms with Crippen LogP contribution in [0.1, 0.15) is 89.5 Å². The first-order valence-corrected chi connectivity index (χ1v) is 21.0. The number of carbonyl (C=O) groups excluding carboxylic acids is 3. The van der Waals surface area contributed by atoms with E-state index in [1.54, 1.807) is 4.90 Å². The van der Waals surface area contributed by atoms with Gasteiger partial charge in [-0.25, -0.2) is 9.97 Å². The molecular weight excluding hydrogens is 723 g/mol. The first-order chi connectivity index (χ1) is 28.3. The minimum atomic E-state index is -0.670.